The van der Waals surface area contributed by atoms with Crippen LogP contribution in [0.25, 0.3) is 22.6 Å². The number of fused-ring (bicyclic) bond motifs is 1. The van der Waals surface area contributed by atoms with Gasteiger partial charge in [-0.25, -0.2) is 9.97 Å². The number of rotatable bonds is 2. The zero-order valence-corrected chi connectivity index (χ0v) is 10.1. The lowest BCUT2D eigenvalue weighted by Gasteiger charge is -1.99. The molecule has 0 spiro atoms. The molecule has 0 fully saturated rings. The van der Waals surface area contributed by atoms with Crippen molar-refractivity contribution >= 4 is 11.2 Å². The molecule has 0 aliphatic heterocycles. The Hall–Kier alpha value is -2.20. The Kier molecular flexibility index (Phi) is 2.57. The Balaban J connectivity index is 2.13. The van der Waals surface area contributed by atoms with Gasteiger partial charge in [-0.15, -0.1) is 0 Å². The van der Waals surface area contributed by atoms with Crippen molar-refractivity contribution in [2.24, 2.45) is 5.73 Å². The zero-order chi connectivity index (χ0) is 12.5. The third kappa shape index (κ3) is 1.87. The van der Waals surface area contributed by atoms with Gasteiger partial charge in [-0.3, -0.25) is 0 Å². The molecule has 0 atom stereocenters. The van der Waals surface area contributed by atoms with Crippen molar-refractivity contribution in [3.8, 4) is 11.4 Å². The van der Waals surface area contributed by atoms with E-state index in [0.717, 1.165) is 33.7 Å². The summed E-state index contributed by atoms with van der Waals surface area (Å²) in [5, 5.41) is 0. The van der Waals surface area contributed by atoms with E-state index in [1.165, 1.54) is 0 Å². The lowest BCUT2D eigenvalue weighted by Crippen LogP contribution is -1.95. The molecule has 0 radical (unpaired) electrons. The van der Waals surface area contributed by atoms with Crippen LogP contribution in [0, 0.1) is 6.92 Å². The minimum Gasteiger partial charge on any atom is -0.337 e. The molecule has 0 amide bonds. The fraction of sp³-hybridized carbons (Fsp3) is 0.143. The van der Waals surface area contributed by atoms with Crippen molar-refractivity contribution in [3.05, 3.63) is 47.7 Å². The number of imidazole rings is 1. The summed E-state index contributed by atoms with van der Waals surface area (Å²) in [6.07, 6.45) is 1.82. The maximum absolute atomic E-state index is 5.65. The van der Waals surface area contributed by atoms with Crippen LogP contribution in [0.5, 0.6) is 0 Å². The molecule has 0 aliphatic carbocycles. The first kappa shape index (κ1) is 10.9. The lowest BCUT2D eigenvalue weighted by molar-refractivity contribution is 1.07. The van der Waals surface area contributed by atoms with Gasteiger partial charge < -0.3 is 10.7 Å². The van der Waals surface area contributed by atoms with Crippen LogP contribution in [0.15, 0.2) is 36.5 Å². The van der Waals surface area contributed by atoms with Crippen LogP contribution >= 0.6 is 0 Å². The fourth-order valence-corrected chi connectivity index (χ4v) is 1.99. The van der Waals surface area contributed by atoms with Gasteiger partial charge in [-0.05, 0) is 30.2 Å². The zero-order valence-electron chi connectivity index (χ0n) is 10.1. The van der Waals surface area contributed by atoms with E-state index in [1.807, 2.05) is 43.5 Å². The molecule has 3 N–H and O–H groups in total. The van der Waals surface area contributed by atoms with E-state index in [-0.39, 0.29) is 0 Å². The Labute approximate surface area is 105 Å². The molecule has 0 unspecified atom stereocenters. The summed E-state index contributed by atoms with van der Waals surface area (Å²) < 4.78 is 0. The third-order valence-electron chi connectivity index (χ3n) is 2.91. The van der Waals surface area contributed by atoms with E-state index in [2.05, 4.69) is 15.0 Å². The minimum atomic E-state index is 0.533. The first-order chi connectivity index (χ1) is 8.76. The number of nitrogens with one attached hydrogen (secondary N) is 1. The molecule has 4 nitrogen and oxygen atoms in total. The average Bonchev–Trinajstić information content (AvgIpc) is 2.81. The summed E-state index contributed by atoms with van der Waals surface area (Å²) in [5.41, 5.74) is 10.6. The number of aromatic amines is 1. The Bertz CT molecular complexity index is 700. The smallest absolute Gasteiger partial charge is 0.178 e. The van der Waals surface area contributed by atoms with E-state index in [0.29, 0.717) is 6.54 Å². The van der Waals surface area contributed by atoms with E-state index in [1.54, 1.807) is 0 Å². The monoisotopic (exact) mass is 238 g/mol. The van der Waals surface area contributed by atoms with Crippen LogP contribution in [0.2, 0.25) is 0 Å². The van der Waals surface area contributed by atoms with Gasteiger partial charge in [-0.2, -0.15) is 0 Å². The molecule has 0 aliphatic rings. The standard InChI is InChI=1S/C14H14N4/c1-9-5-12-14(16-8-9)18-13(17-12)11-4-2-3-10(6-11)7-15/h2-6,8H,7,15H2,1H3,(H,16,17,18). The van der Waals surface area contributed by atoms with Gasteiger partial charge in [-0.1, -0.05) is 18.2 Å². The molecular weight excluding hydrogens is 224 g/mol. The predicted octanol–water partition coefficient (Wildman–Crippen LogP) is 2.39. The SMILES string of the molecule is Cc1cnc2nc(-c3cccc(CN)c3)[nH]c2c1. The molecule has 18 heavy (non-hydrogen) atoms. The van der Waals surface area contributed by atoms with Crippen LogP contribution in [-0.4, -0.2) is 15.0 Å². The van der Waals surface area contributed by atoms with Crippen molar-refractivity contribution in [1.29, 1.82) is 0 Å². The molecular formula is C14H14N4. The maximum Gasteiger partial charge on any atom is 0.178 e. The third-order valence-corrected chi connectivity index (χ3v) is 2.91. The van der Waals surface area contributed by atoms with Gasteiger partial charge in [0.05, 0.1) is 5.52 Å². The number of pyridine rings is 1. The summed E-state index contributed by atoms with van der Waals surface area (Å²) >= 11 is 0. The number of hydrogen-bond acceptors (Lipinski definition) is 3. The highest BCUT2D eigenvalue weighted by molar-refractivity contribution is 5.76. The molecule has 2 heterocycles. The van der Waals surface area contributed by atoms with E-state index >= 15 is 0 Å². The van der Waals surface area contributed by atoms with Gasteiger partial charge in [0.2, 0.25) is 0 Å². The number of aromatic nitrogens is 3. The summed E-state index contributed by atoms with van der Waals surface area (Å²) in [4.78, 5) is 12.1. The van der Waals surface area contributed by atoms with Gasteiger partial charge in [0, 0.05) is 18.3 Å². The number of benzene rings is 1. The van der Waals surface area contributed by atoms with Crippen molar-refractivity contribution in [3.63, 3.8) is 0 Å². The van der Waals surface area contributed by atoms with E-state index in [9.17, 15) is 0 Å². The van der Waals surface area contributed by atoms with Gasteiger partial charge in [0.25, 0.3) is 0 Å². The van der Waals surface area contributed by atoms with Crippen molar-refractivity contribution in [2.75, 3.05) is 0 Å². The molecule has 0 saturated carbocycles. The second-order valence-corrected chi connectivity index (χ2v) is 4.37. The topological polar surface area (TPSA) is 67.6 Å². The predicted molar refractivity (Wildman–Crippen MR) is 72.0 cm³/mol. The van der Waals surface area contributed by atoms with E-state index in [4.69, 9.17) is 5.73 Å². The average molecular weight is 238 g/mol. The number of aryl methyl sites for hydroxylation is 1. The maximum atomic E-state index is 5.65. The molecule has 4 heteroatoms. The highest BCUT2D eigenvalue weighted by Gasteiger charge is 2.06. The highest BCUT2D eigenvalue weighted by atomic mass is 15.0. The molecule has 3 aromatic rings. The van der Waals surface area contributed by atoms with Gasteiger partial charge in [0.1, 0.15) is 5.82 Å². The molecule has 1 aromatic carbocycles. The van der Waals surface area contributed by atoms with Crippen LogP contribution < -0.4 is 5.73 Å². The van der Waals surface area contributed by atoms with Gasteiger partial charge >= 0.3 is 0 Å². The molecule has 0 saturated heterocycles. The number of hydrogen-bond donors (Lipinski definition) is 2. The lowest BCUT2D eigenvalue weighted by atomic mass is 10.1. The first-order valence-corrected chi connectivity index (χ1v) is 5.88. The fourth-order valence-electron chi connectivity index (χ4n) is 1.99. The number of nitrogens with two attached hydrogens (primary N) is 1. The second-order valence-electron chi connectivity index (χ2n) is 4.37. The molecule has 90 valence electrons. The van der Waals surface area contributed by atoms with E-state index < -0.39 is 0 Å². The Morgan fingerprint density at radius 1 is 1.28 bits per heavy atom. The van der Waals surface area contributed by atoms with Crippen molar-refractivity contribution in [1.82, 2.24) is 15.0 Å². The number of H-pyrrole nitrogens is 1. The second kappa shape index (κ2) is 4.23. The van der Waals surface area contributed by atoms with Crippen LogP contribution in [0.4, 0.5) is 0 Å². The molecule has 0 bridgehead atoms. The quantitative estimate of drug-likeness (QED) is 0.720. The van der Waals surface area contributed by atoms with Crippen molar-refractivity contribution in [2.45, 2.75) is 13.5 Å². The summed E-state index contributed by atoms with van der Waals surface area (Å²) in [7, 11) is 0. The minimum absolute atomic E-state index is 0.533. The summed E-state index contributed by atoms with van der Waals surface area (Å²) in [6, 6.07) is 10.1. The van der Waals surface area contributed by atoms with Crippen LogP contribution in [0.1, 0.15) is 11.1 Å². The van der Waals surface area contributed by atoms with Crippen LogP contribution in [0.3, 0.4) is 0 Å². The molecule has 2 aromatic heterocycles. The largest absolute Gasteiger partial charge is 0.337 e. The molecule has 3 rings (SSSR count). The van der Waals surface area contributed by atoms with Crippen molar-refractivity contribution < 1.29 is 0 Å². The Morgan fingerprint density at radius 3 is 3.00 bits per heavy atom. The summed E-state index contributed by atoms with van der Waals surface area (Å²) in [5.74, 6) is 0.832. The van der Waals surface area contributed by atoms with Crippen LogP contribution in [-0.2, 0) is 6.54 Å². The highest BCUT2D eigenvalue weighted by Crippen LogP contribution is 2.20. The summed E-state index contributed by atoms with van der Waals surface area (Å²) in [6.45, 7) is 2.55. The normalized spacial score (nSPS) is 11.0. The van der Waals surface area contributed by atoms with Gasteiger partial charge in [0.15, 0.2) is 5.65 Å². The Morgan fingerprint density at radius 2 is 2.17 bits per heavy atom. The number of nitrogens with zero attached hydrogens (tertiary/aromatic N) is 2. The first-order valence-electron chi connectivity index (χ1n) is 5.88.